The number of benzene rings is 2. The molecule has 1 aliphatic rings. The van der Waals surface area contributed by atoms with E-state index < -0.39 is 0 Å². The molecule has 3 heteroatoms. The van der Waals surface area contributed by atoms with E-state index in [-0.39, 0.29) is 5.82 Å². The molecule has 2 aromatic rings. The summed E-state index contributed by atoms with van der Waals surface area (Å²) in [5.74, 6) is -0.118. The molecular weight excluding hydrogens is 263 g/mol. The SMILES string of the molecule is CCCNCc1c(F)cccc1N1Cc2ccccc2C1. The van der Waals surface area contributed by atoms with E-state index in [1.165, 1.54) is 11.1 Å². The van der Waals surface area contributed by atoms with Crippen LogP contribution in [0.1, 0.15) is 30.0 Å². The Morgan fingerprint density at radius 1 is 1.05 bits per heavy atom. The van der Waals surface area contributed by atoms with Gasteiger partial charge in [-0.05, 0) is 36.2 Å². The molecule has 1 aliphatic heterocycles. The van der Waals surface area contributed by atoms with Crippen LogP contribution >= 0.6 is 0 Å². The van der Waals surface area contributed by atoms with Crippen LogP contribution in [0.3, 0.4) is 0 Å². The lowest BCUT2D eigenvalue weighted by molar-refractivity contribution is 0.584. The Hall–Kier alpha value is -1.87. The third-order valence-corrected chi connectivity index (χ3v) is 4.00. The second-order valence-corrected chi connectivity index (χ2v) is 5.54. The second kappa shape index (κ2) is 6.27. The number of nitrogens with zero attached hydrogens (tertiary/aromatic N) is 1. The number of hydrogen-bond acceptors (Lipinski definition) is 2. The Balaban J connectivity index is 1.84. The first-order valence-corrected chi connectivity index (χ1v) is 7.59. The van der Waals surface area contributed by atoms with Crippen LogP contribution in [0.2, 0.25) is 0 Å². The minimum Gasteiger partial charge on any atom is -0.363 e. The van der Waals surface area contributed by atoms with Gasteiger partial charge in [-0.3, -0.25) is 0 Å². The van der Waals surface area contributed by atoms with Crippen LogP contribution < -0.4 is 10.2 Å². The minimum atomic E-state index is -0.118. The van der Waals surface area contributed by atoms with Crippen molar-refractivity contribution in [3.05, 3.63) is 65.0 Å². The number of halogens is 1. The largest absolute Gasteiger partial charge is 0.363 e. The van der Waals surface area contributed by atoms with Gasteiger partial charge >= 0.3 is 0 Å². The van der Waals surface area contributed by atoms with E-state index in [1.807, 2.05) is 6.07 Å². The molecule has 2 nitrogen and oxygen atoms in total. The third kappa shape index (κ3) is 2.93. The van der Waals surface area contributed by atoms with Crippen molar-refractivity contribution in [1.29, 1.82) is 0 Å². The molecule has 0 saturated carbocycles. The third-order valence-electron chi connectivity index (χ3n) is 4.00. The summed E-state index contributed by atoms with van der Waals surface area (Å²) in [7, 11) is 0. The number of fused-ring (bicyclic) bond motifs is 1. The van der Waals surface area contributed by atoms with Crippen LogP contribution in [0.5, 0.6) is 0 Å². The van der Waals surface area contributed by atoms with Crippen molar-refractivity contribution in [2.24, 2.45) is 0 Å². The van der Waals surface area contributed by atoms with Gasteiger partial charge < -0.3 is 10.2 Å². The first-order chi connectivity index (χ1) is 10.3. The lowest BCUT2D eigenvalue weighted by Crippen LogP contribution is -2.21. The predicted molar refractivity (Wildman–Crippen MR) is 84.7 cm³/mol. The maximum atomic E-state index is 14.2. The maximum absolute atomic E-state index is 14.2. The quantitative estimate of drug-likeness (QED) is 0.839. The number of nitrogens with one attached hydrogen (secondary N) is 1. The van der Waals surface area contributed by atoms with Gasteiger partial charge in [-0.2, -0.15) is 0 Å². The van der Waals surface area contributed by atoms with Crippen molar-refractivity contribution in [1.82, 2.24) is 5.32 Å². The zero-order chi connectivity index (χ0) is 14.7. The summed E-state index contributed by atoms with van der Waals surface area (Å²) in [4.78, 5) is 2.26. The highest BCUT2D eigenvalue weighted by atomic mass is 19.1. The van der Waals surface area contributed by atoms with Crippen molar-refractivity contribution < 1.29 is 4.39 Å². The molecule has 2 aromatic carbocycles. The lowest BCUT2D eigenvalue weighted by Gasteiger charge is -2.22. The molecule has 110 valence electrons. The first kappa shape index (κ1) is 14.1. The van der Waals surface area contributed by atoms with Gasteiger partial charge in [-0.25, -0.2) is 4.39 Å². The Morgan fingerprint density at radius 2 is 1.76 bits per heavy atom. The molecule has 21 heavy (non-hydrogen) atoms. The topological polar surface area (TPSA) is 15.3 Å². The second-order valence-electron chi connectivity index (χ2n) is 5.54. The summed E-state index contributed by atoms with van der Waals surface area (Å²) in [5, 5.41) is 3.31. The van der Waals surface area contributed by atoms with Crippen molar-refractivity contribution in [3.8, 4) is 0 Å². The minimum absolute atomic E-state index is 0.118. The number of hydrogen-bond donors (Lipinski definition) is 1. The van der Waals surface area contributed by atoms with Gasteiger partial charge in [-0.1, -0.05) is 37.3 Å². The molecule has 1 heterocycles. The fraction of sp³-hybridized carbons (Fsp3) is 0.333. The predicted octanol–water partition coefficient (Wildman–Crippen LogP) is 3.85. The van der Waals surface area contributed by atoms with E-state index in [0.29, 0.717) is 6.54 Å². The fourth-order valence-corrected chi connectivity index (χ4v) is 2.91. The van der Waals surface area contributed by atoms with Crippen LogP contribution in [0.15, 0.2) is 42.5 Å². The van der Waals surface area contributed by atoms with E-state index in [2.05, 4.69) is 41.4 Å². The van der Waals surface area contributed by atoms with E-state index in [9.17, 15) is 4.39 Å². The van der Waals surface area contributed by atoms with Crippen LogP contribution in [0, 0.1) is 5.82 Å². The number of anilines is 1. The van der Waals surface area contributed by atoms with Crippen LogP contribution in [-0.2, 0) is 19.6 Å². The van der Waals surface area contributed by atoms with Crippen molar-refractivity contribution in [2.45, 2.75) is 33.0 Å². The van der Waals surface area contributed by atoms with E-state index in [4.69, 9.17) is 0 Å². The highest BCUT2D eigenvalue weighted by molar-refractivity contribution is 5.57. The number of rotatable bonds is 5. The van der Waals surface area contributed by atoms with Crippen molar-refractivity contribution in [2.75, 3.05) is 11.4 Å². The van der Waals surface area contributed by atoms with Gasteiger partial charge in [0.1, 0.15) is 5.82 Å². The molecule has 0 spiro atoms. The molecule has 0 aromatic heterocycles. The highest BCUT2D eigenvalue weighted by Gasteiger charge is 2.21. The molecule has 3 rings (SSSR count). The average molecular weight is 284 g/mol. The highest BCUT2D eigenvalue weighted by Crippen LogP contribution is 2.31. The maximum Gasteiger partial charge on any atom is 0.129 e. The van der Waals surface area contributed by atoms with E-state index >= 15 is 0 Å². The average Bonchev–Trinajstić information content (AvgIpc) is 2.92. The zero-order valence-corrected chi connectivity index (χ0v) is 12.4. The summed E-state index contributed by atoms with van der Waals surface area (Å²) in [6, 6.07) is 13.8. The Morgan fingerprint density at radius 3 is 2.43 bits per heavy atom. The van der Waals surface area contributed by atoms with Crippen molar-refractivity contribution in [3.63, 3.8) is 0 Å². The Labute approximate surface area is 125 Å². The van der Waals surface area contributed by atoms with Crippen molar-refractivity contribution >= 4 is 5.69 Å². The fourth-order valence-electron chi connectivity index (χ4n) is 2.91. The Kier molecular flexibility index (Phi) is 4.20. The molecule has 0 atom stereocenters. The van der Waals surface area contributed by atoms with Gasteiger partial charge in [-0.15, -0.1) is 0 Å². The zero-order valence-electron chi connectivity index (χ0n) is 12.4. The first-order valence-electron chi connectivity index (χ1n) is 7.59. The molecule has 0 bridgehead atoms. The van der Waals surface area contributed by atoms with Gasteiger partial charge in [0.2, 0.25) is 0 Å². The normalized spacial score (nSPS) is 13.5. The summed E-state index contributed by atoms with van der Waals surface area (Å²) in [6.07, 6.45) is 1.05. The summed E-state index contributed by atoms with van der Waals surface area (Å²) >= 11 is 0. The molecule has 0 radical (unpaired) electrons. The molecular formula is C18H21FN2. The van der Waals surface area contributed by atoms with Gasteiger partial charge in [0.25, 0.3) is 0 Å². The lowest BCUT2D eigenvalue weighted by atomic mass is 10.1. The molecule has 0 amide bonds. The Bertz CT molecular complexity index is 599. The summed E-state index contributed by atoms with van der Waals surface area (Å²) < 4.78 is 14.2. The van der Waals surface area contributed by atoms with Gasteiger partial charge in [0.05, 0.1) is 0 Å². The molecule has 1 N–H and O–H groups in total. The smallest absolute Gasteiger partial charge is 0.129 e. The van der Waals surface area contributed by atoms with Crippen LogP contribution in [0.4, 0.5) is 10.1 Å². The monoisotopic (exact) mass is 284 g/mol. The van der Waals surface area contributed by atoms with Gasteiger partial charge in [0.15, 0.2) is 0 Å². The summed E-state index contributed by atoms with van der Waals surface area (Å²) in [6.45, 7) is 5.34. The van der Waals surface area contributed by atoms with Crippen LogP contribution in [0.25, 0.3) is 0 Å². The summed E-state index contributed by atoms with van der Waals surface area (Å²) in [5.41, 5.74) is 4.47. The molecule has 0 unspecified atom stereocenters. The van der Waals surface area contributed by atoms with E-state index in [0.717, 1.165) is 37.3 Å². The molecule has 0 fully saturated rings. The van der Waals surface area contributed by atoms with Gasteiger partial charge in [0, 0.05) is 30.9 Å². The standard InChI is InChI=1S/C18H21FN2/c1-2-10-20-11-16-17(19)8-5-9-18(16)21-12-14-6-3-4-7-15(14)13-21/h3-9,20H,2,10-13H2,1H3. The molecule has 0 saturated heterocycles. The van der Waals surface area contributed by atoms with Crippen LogP contribution in [-0.4, -0.2) is 6.54 Å². The van der Waals surface area contributed by atoms with E-state index in [1.54, 1.807) is 12.1 Å². The molecule has 0 aliphatic carbocycles.